The fraction of sp³-hybridized carbons (Fsp3) is 0.333. The number of rotatable bonds is 5. The quantitative estimate of drug-likeness (QED) is 0.847. The van der Waals surface area contributed by atoms with Crippen LogP contribution in [-0.2, 0) is 16.3 Å². The monoisotopic (exact) mass is 326 g/mol. The van der Waals surface area contributed by atoms with Gasteiger partial charge in [0.25, 0.3) is 0 Å². The highest BCUT2D eigenvalue weighted by Crippen LogP contribution is 2.25. The van der Waals surface area contributed by atoms with E-state index in [4.69, 9.17) is 0 Å². The molecule has 0 radical (unpaired) electrons. The second-order valence-corrected chi connectivity index (χ2v) is 7.30. The molecule has 118 valence electrons. The minimum Gasteiger partial charge on any atom is -0.254 e. The standard InChI is InChI=1S/C15H16F2N2O2S/c1-3-22(20,21)13-5-4-8-18-14(13)12-7-6-11(10-19-12)9-15(2,16)17/h4-8,10H,3,9H2,1-2H3. The fourth-order valence-electron chi connectivity index (χ4n) is 2.02. The number of alkyl halides is 2. The molecule has 2 aromatic rings. The van der Waals surface area contributed by atoms with Crippen LogP contribution >= 0.6 is 0 Å². The van der Waals surface area contributed by atoms with Crippen LogP contribution in [0.5, 0.6) is 0 Å². The maximum atomic E-state index is 13.0. The lowest BCUT2D eigenvalue weighted by Gasteiger charge is -2.11. The molecule has 0 N–H and O–H groups in total. The van der Waals surface area contributed by atoms with Gasteiger partial charge in [0.1, 0.15) is 5.69 Å². The van der Waals surface area contributed by atoms with Crippen LogP contribution in [0, 0.1) is 0 Å². The summed E-state index contributed by atoms with van der Waals surface area (Å²) in [6.07, 6.45) is 2.38. The molecule has 0 saturated heterocycles. The van der Waals surface area contributed by atoms with Gasteiger partial charge in [-0.25, -0.2) is 17.2 Å². The number of hydrogen-bond acceptors (Lipinski definition) is 4. The molecule has 0 aliphatic carbocycles. The molecule has 0 aliphatic heterocycles. The summed E-state index contributed by atoms with van der Waals surface area (Å²) in [5.74, 6) is -2.86. The van der Waals surface area contributed by atoms with Crippen molar-refractivity contribution in [2.75, 3.05) is 5.75 Å². The number of aromatic nitrogens is 2. The van der Waals surface area contributed by atoms with Gasteiger partial charge in [0.2, 0.25) is 5.92 Å². The minimum atomic E-state index is -3.44. The van der Waals surface area contributed by atoms with Crippen molar-refractivity contribution in [3.63, 3.8) is 0 Å². The summed E-state index contributed by atoms with van der Waals surface area (Å²) in [6, 6.07) is 6.03. The number of sulfone groups is 1. The molecule has 0 atom stereocenters. The van der Waals surface area contributed by atoms with E-state index in [0.29, 0.717) is 11.3 Å². The predicted octanol–water partition coefficient (Wildman–Crippen LogP) is 3.13. The number of pyridine rings is 2. The Morgan fingerprint density at radius 2 is 1.91 bits per heavy atom. The molecule has 0 saturated carbocycles. The molecule has 0 aliphatic rings. The molecule has 0 bridgehead atoms. The maximum absolute atomic E-state index is 13.0. The summed E-state index contributed by atoms with van der Waals surface area (Å²) in [5.41, 5.74) is 0.960. The first-order valence-electron chi connectivity index (χ1n) is 6.74. The summed E-state index contributed by atoms with van der Waals surface area (Å²) >= 11 is 0. The average molecular weight is 326 g/mol. The van der Waals surface area contributed by atoms with Crippen molar-refractivity contribution in [3.8, 4) is 11.4 Å². The highest BCUT2D eigenvalue weighted by Gasteiger charge is 2.22. The van der Waals surface area contributed by atoms with Crippen LogP contribution in [0.2, 0.25) is 0 Å². The van der Waals surface area contributed by atoms with Crippen LogP contribution in [0.25, 0.3) is 11.4 Å². The Hall–Kier alpha value is -1.89. The van der Waals surface area contributed by atoms with Gasteiger partial charge in [0.15, 0.2) is 9.84 Å². The van der Waals surface area contributed by atoms with Crippen LogP contribution < -0.4 is 0 Å². The first-order chi connectivity index (χ1) is 10.2. The Balaban J connectivity index is 2.42. The van der Waals surface area contributed by atoms with E-state index in [1.54, 1.807) is 6.92 Å². The van der Waals surface area contributed by atoms with Gasteiger partial charge in [-0.05, 0) is 30.7 Å². The van der Waals surface area contributed by atoms with Gasteiger partial charge < -0.3 is 0 Å². The van der Waals surface area contributed by atoms with Crippen molar-refractivity contribution in [3.05, 3.63) is 42.2 Å². The maximum Gasteiger partial charge on any atom is 0.249 e. The van der Waals surface area contributed by atoms with Crippen LogP contribution in [0.4, 0.5) is 8.78 Å². The van der Waals surface area contributed by atoms with Gasteiger partial charge in [0, 0.05) is 18.8 Å². The molecule has 0 fully saturated rings. The molecular weight excluding hydrogens is 310 g/mol. The van der Waals surface area contributed by atoms with E-state index >= 15 is 0 Å². The highest BCUT2D eigenvalue weighted by atomic mass is 32.2. The third-order valence-electron chi connectivity index (χ3n) is 3.07. The minimum absolute atomic E-state index is 0.0498. The molecular formula is C15H16F2N2O2S. The van der Waals surface area contributed by atoms with Crippen molar-refractivity contribution in [1.82, 2.24) is 9.97 Å². The largest absolute Gasteiger partial charge is 0.254 e. The van der Waals surface area contributed by atoms with Crippen LogP contribution in [0.1, 0.15) is 19.4 Å². The molecule has 7 heteroatoms. The molecule has 22 heavy (non-hydrogen) atoms. The first kappa shape index (κ1) is 16.5. The highest BCUT2D eigenvalue weighted by molar-refractivity contribution is 7.91. The zero-order valence-electron chi connectivity index (χ0n) is 12.3. The van der Waals surface area contributed by atoms with Crippen molar-refractivity contribution >= 4 is 9.84 Å². The van der Waals surface area contributed by atoms with Gasteiger partial charge >= 0.3 is 0 Å². The summed E-state index contributed by atoms with van der Waals surface area (Å²) in [6.45, 7) is 2.39. The molecule has 0 spiro atoms. The lowest BCUT2D eigenvalue weighted by molar-refractivity contribution is 0.0225. The molecule has 4 nitrogen and oxygen atoms in total. The van der Waals surface area contributed by atoms with Gasteiger partial charge in [-0.3, -0.25) is 9.97 Å². The van der Waals surface area contributed by atoms with Gasteiger partial charge in [-0.1, -0.05) is 13.0 Å². The lowest BCUT2D eigenvalue weighted by atomic mass is 10.1. The number of hydrogen-bond donors (Lipinski definition) is 0. The van der Waals surface area contributed by atoms with Gasteiger partial charge in [-0.2, -0.15) is 0 Å². The van der Waals surface area contributed by atoms with Crippen LogP contribution in [0.15, 0.2) is 41.6 Å². The predicted molar refractivity (Wildman–Crippen MR) is 79.5 cm³/mol. The van der Waals surface area contributed by atoms with Crippen molar-refractivity contribution in [1.29, 1.82) is 0 Å². The number of halogens is 2. The van der Waals surface area contributed by atoms with Gasteiger partial charge in [-0.15, -0.1) is 0 Å². The average Bonchev–Trinajstić information content (AvgIpc) is 2.46. The smallest absolute Gasteiger partial charge is 0.249 e. The topological polar surface area (TPSA) is 59.9 Å². The summed E-state index contributed by atoms with van der Waals surface area (Å²) in [7, 11) is -3.44. The molecule has 2 aromatic heterocycles. The molecule has 0 amide bonds. The van der Waals surface area contributed by atoms with E-state index in [0.717, 1.165) is 6.92 Å². The van der Waals surface area contributed by atoms with Crippen LogP contribution in [-0.4, -0.2) is 30.1 Å². The summed E-state index contributed by atoms with van der Waals surface area (Å²) < 4.78 is 50.1. The van der Waals surface area contributed by atoms with E-state index in [9.17, 15) is 17.2 Å². The Morgan fingerprint density at radius 3 is 2.45 bits per heavy atom. The Labute approximate surface area is 128 Å². The lowest BCUT2D eigenvalue weighted by Crippen LogP contribution is -2.13. The third kappa shape index (κ3) is 3.85. The Morgan fingerprint density at radius 1 is 1.18 bits per heavy atom. The zero-order chi connectivity index (χ0) is 16.4. The Kier molecular flexibility index (Phi) is 4.55. The second-order valence-electron chi connectivity index (χ2n) is 5.05. The van der Waals surface area contributed by atoms with E-state index in [2.05, 4.69) is 9.97 Å². The van der Waals surface area contributed by atoms with Crippen molar-refractivity contribution in [2.45, 2.75) is 31.1 Å². The van der Waals surface area contributed by atoms with Crippen LogP contribution in [0.3, 0.4) is 0 Å². The SMILES string of the molecule is CCS(=O)(=O)c1cccnc1-c1ccc(CC(C)(F)F)cn1. The molecule has 2 rings (SSSR count). The van der Waals surface area contributed by atoms with E-state index < -0.39 is 22.2 Å². The zero-order valence-corrected chi connectivity index (χ0v) is 13.1. The fourth-order valence-corrected chi connectivity index (χ4v) is 3.07. The molecule has 0 unspecified atom stereocenters. The summed E-state index contributed by atoms with van der Waals surface area (Å²) in [5, 5.41) is 0. The van der Waals surface area contributed by atoms with E-state index in [-0.39, 0.29) is 16.3 Å². The molecule has 2 heterocycles. The van der Waals surface area contributed by atoms with Crippen molar-refractivity contribution < 1.29 is 17.2 Å². The first-order valence-corrected chi connectivity index (χ1v) is 8.39. The van der Waals surface area contributed by atoms with Crippen molar-refractivity contribution in [2.24, 2.45) is 0 Å². The third-order valence-corrected chi connectivity index (χ3v) is 4.83. The van der Waals surface area contributed by atoms with E-state index in [1.807, 2.05) is 0 Å². The van der Waals surface area contributed by atoms with Gasteiger partial charge in [0.05, 0.1) is 16.3 Å². The Bertz CT molecular complexity index is 754. The molecule has 0 aromatic carbocycles. The van der Waals surface area contributed by atoms with E-state index in [1.165, 1.54) is 36.7 Å². The summed E-state index contributed by atoms with van der Waals surface area (Å²) in [4.78, 5) is 8.25. The normalized spacial score (nSPS) is 12.4. The number of nitrogens with zero attached hydrogens (tertiary/aromatic N) is 2. The second kappa shape index (κ2) is 6.08.